The van der Waals surface area contributed by atoms with E-state index in [-0.39, 0.29) is 18.1 Å². The Labute approximate surface area is 72.1 Å². The zero-order chi connectivity index (χ0) is 9.19. The van der Waals surface area contributed by atoms with Crippen LogP contribution in [0, 0.1) is 0 Å². The third-order valence-corrected chi connectivity index (χ3v) is 2.42. The molecule has 0 heterocycles. The molecule has 0 radical (unpaired) electrons. The van der Waals surface area contributed by atoms with Gasteiger partial charge in [-0.1, -0.05) is 0 Å². The van der Waals surface area contributed by atoms with Crippen LogP contribution in [0.15, 0.2) is 0 Å². The summed E-state index contributed by atoms with van der Waals surface area (Å²) in [6.45, 7) is 1.66. The highest BCUT2D eigenvalue weighted by atomic mass is 16.3. The second-order valence-electron chi connectivity index (χ2n) is 3.57. The molecular weight excluding hydrogens is 156 g/mol. The fourth-order valence-corrected chi connectivity index (χ4v) is 1.30. The van der Waals surface area contributed by atoms with Gasteiger partial charge in [-0.2, -0.15) is 0 Å². The largest absolute Gasteiger partial charge is 0.394 e. The van der Waals surface area contributed by atoms with Crippen molar-refractivity contribution >= 4 is 5.91 Å². The number of rotatable bonds is 3. The molecule has 0 aliphatic heterocycles. The maximum Gasteiger partial charge on any atom is 0.237 e. The van der Waals surface area contributed by atoms with Crippen LogP contribution in [0.4, 0.5) is 0 Å². The van der Waals surface area contributed by atoms with Crippen molar-refractivity contribution in [2.45, 2.75) is 37.8 Å². The summed E-state index contributed by atoms with van der Waals surface area (Å²) in [5.41, 5.74) is 5.03. The van der Waals surface area contributed by atoms with Gasteiger partial charge in [0.25, 0.3) is 0 Å². The summed E-state index contributed by atoms with van der Waals surface area (Å²) in [6.07, 6.45) is 2.80. The minimum Gasteiger partial charge on any atom is -0.394 e. The van der Waals surface area contributed by atoms with Gasteiger partial charge in [0.1, 0.15) is 0 Å². The van der Waals surface area contributed by atoms with Crippen LogP contribution in [0.3, 0.4) is 0 Å². The van der Waals surface area contributed by atoms with Gasteiger partial charge in [0, 0.05) is 0 Å². The molecule has 4 nitrogen and oxygen atoms in total. The number of nitrogens with one attached hydrogen (secondary N) is 1. The molecule has 1 rings (SSSR count). The number of aliphatic hydroxyl groups excluding tert-OH is 1. The van der Waals surface area contributed by atoms with Crippen LogP contribution in [-0.4, -0.2) is 29.2 Å². The first kappa shape index (κ1) is 9.48. The van der Waals surface area contributed by atoms with Gasteiger partial charge in [0.05, 0.1) is 18.2 Å². The maximum atomic E-state index is 11.2. The zero-order valence-electron chi connectivity index (χ0n) is 7.34. The molecule has 0 bridgehead atoms. The highest BCUT2D eigenvalue weighted by Crippen LogP contribution is 2.30. The first-order valence-corrected chi connectivity index (χ1v) is 4.28. The van der Waals surface area contributed by atoms with Crippen LogP contribution in [-0.2, 0) is 4.79 Å². The number of amides is 1. The Hall–Kier alpha value is -0.610. The van der Waals surface area contributed by atoms with Gasteiger partial charge < -0.3 is 16.2 Å². The summed E-state index contributed by atoms with van der Waals surface area (Å²) >= 11 is 0. The van der Waals surface area contributed by atoms with E-state index in [1.54, 1.807) is 6.92 Å². The van der Waals surface area contributed by atoms with E-state index in [4.69, 9.17) is 10.8 Å². The van der Waals surface area contributed by atoms with E-state index in [0.29, 0.717) is 0 Å². The molecule has 1 atom stereocenters. The van der Waals surface area contributed by atoms with E-state index in [9.17, 15) is 4.79 Å². The van der Waals surface area contributed by atoms with Gasteiger partial charge in [-0.05, 0) is 26.2 Å². The molecule has 12 heavy (non-hydrogen) atoms. The Kier molecular flexibility index (Phi) is 2.69. The van der Waals surface area contributed by atoms with E-state index in [1.165, 1.54) is 0 Å². The molecule has 70 valence electrons. The van der Waals surface area contributed by atoms with Crippen molar-refractivity contribution < 1.29 is 9.90 Å². The normalized spacial score (nSPS) is 22.6. The van der Waals surface area contributed by atoms with Gasteiger partial charge in [-0.15, -0.1) is 0 Å². The van der Waals surface area contributed by atoms with Crippen molar-refractivity contribution in [3.8, 4) is 0 Å². The summed E-state index contributed by atoms with van der Waals surface area (Å²) in [5.74, 6) is -0.177. The molecule has 0 unspecified atom stereocenters. The minimum absolute atomic E-state index is 0.0193. The summed E-state index contributed by atoms with van der Waals surface area (Å²) in [4.78, 5) is 11.2. The molecule has 0 spiro atoms. The number of aliphatic hydroxyl groups is 1. The molecule has 1 amide bonds. The number of hydrogen-bond donors (Lipinski definition) is 3. The molecule has 1 saturated carbocycles. The Morgan fingerprint density at radius 3 is 2.58 bits per heavy atom. The Morgan fingerprint density at radius 1 is 1.75 bits per heavy atom. The van der Waals surface area contributed by atoms with Gasteiger partial charge in [-0.25, -0.2) is 0 Å². The van der Waals surface area contributed by atoms with Crippen molar-refractivity contribution in [1.29, 1.82) is 0 Å². The molecule has 4 heteroatoms. The topological polar surface area (TPSA) is 75.4 Å². The summed E-state index contributed by atoms with van der Waals surface area (Å²) < 4.78 is 0. The lowest BCUT2D eigenvalue weighted by molar-refractivity contribution is -0.125. The quantitative estimate of drug-likeness (QED) is 0.530. The van der Waals surface area contributed by atoms with Crippen molar-refractivity contribution in [1.82, 2.24) is 5.32 Å². The fraction of sp³-hybridized carbons (Fsp3) is 0.875. The van der Waals surface area contributed by atoms with E-state index in [1.807, 2.05) is 0 Å². The second-order valence-corrected chi connectivity index (χ2v) is 3.57. The number of carbonyl (C=O) groups is 1. The lowest BCUT2D eigenvalue weighted by Gasteiger charge is -2.41. The second kappa shape index (κ2) is 3.41. The molecule has 0 aromatic heterocycles. The highest BCUT2D eigenvalue weighted by Gasteiger charge is 2.37. The number of carbonyl (C=O) groups excluding carboxylic acids is 1. The molecule has 1 fully saturated rings. The van der Waals surface area contributed by atoms with Crippen molar-refractivity contribution in [3.63, 3.8) is 0 Å². The third kappa shape index (κ3) is 1.76. The van der Waals surface area contributed by atoms with Crippen LogP contribution in [0.2, 0.25) is 0 Å². The SMILES string of the molecule is C[C@H](N)C(=O)NC1(CO)CCC1. The molecule has 4 N–H and O–H groups in total. The number of hydrogen-bond acceptors (Lipinski definition) is 3. The van der Waals surface area contributed by atoms with Crippen LogP contribution in [0.5, 0.6) is 0 Å². The average Bonchev–Trinajstić information content (AvgIpc) is 1.96. The standard InChI is InChI=1S/C8H16N2O2/c1-6(9)7(12)10-8(5-11)3-2-4-8/h6,11H,2-5,9H2,1H3,(H,10,12)/t6-/m0/s1. The average molecular weight is 172 g/mol. The summed E-state index contributed by atoms with van der Waals surface area (Å²) in [6, 6.07) is -0.492. The van der Waals surface area contributed by atoms with Crippen LogP contribution in [0.1, 0.15) is 26.2 Å². The Morgan fingerprint density at radius 2 is 2.33 bits per heavy atom. The molecule has 0 saturated heterocycles. The van der Waals surface area contributed by atoms with Gasteiger partial charge >= 0.3 is 0 Å². The van der Waals surface area contributed by atoms with Gasteiger partial charge in [-0.3, -0.25) is 4.79 Å². The molecule has 1 aliphatic carbocycles. The third-order valence-electron chi connectivity index (χ3n) is 2.42. The highest BCUT2D eigenvalue weighted by molar-refractivity contribution is 5.81. The summed E-state index contributed by atoms with van der Waals surface area (Å²) in [7, 11) is 0. The van der Waals surface area contributed by atoms with E-state index < -0.39 is 6.04 Å². The minimum atomic E-state index is -0.492. The molecule has 1 aliphatic rings. The van der Waals surface area contributed by atoms with Crippen LogP contribution >= 0.6 is 0 Å². The lowest BCUT2D eigenvalue weighted by atomic mass is 9.77. The molecular formula is C8H16N2O2. The van der Waals surface area contributed by atoms with Gasteiger partial charge in [0.15, 0.2) is 0 Å². The smallest absolute Gasteiger partial charge is 0.237 e. The monoisotopic (exact) mass is 172 g/mol. The first-order valence-electron chi connectivity index (χ1n) is 4.28. The predicted octanol–water partition coefficient (Wildman–Crippen LogP) is -0.635. The summed E-state index contributed by atoms with van der Waals surface area (Å²) in [5, 5.41) is 11.8. The van der Waals surface area contributed by atoms with Gasteiger partial charge in [0.2, 0.25) is 5.91 Å². The van der Waals surface area contributed by atoms with Crippen molar-refractivity contribution in [3.05, 3.63) is 0 Å². The zero-order valence-corrected chi connectivity index (χ0v) is 7.34. The van der Waals surface area contributed by atoms with E-state index in [2.05, 4.69) is 5.32 Å². The first-order chi connectivity index (χ1) is 5.59. The Bertz CT molecular complexity index is 170. The van der Waals surface area contributed by atoms with Crippen molar-refractivity contribution in [2.75, 3.05) is 6.61 Å². The van der Waals surface area contributed by atoms with Crippen molar-refractivity contribution in [2.24, 2.45) is 5.73 Å². The predicted molar refractivity (Wildman–Crippen MR) is 45.5 cm³/mol. The van der Waals surface area contributed by atoms with E-state index in [0.717, 1.165) is 19.3 Å². The maximum absolute atomic E-state index is 11.2. The molecule has 0 aromatic carbocycles. The van der Waals surface area contributed by atoms with Crippen LogP contribution < -0.4 is 11.1 Å². The number of nitrogens with two attached hydrogens (primary N) is 1. The fourth-order valence-electron chi connectivity index (χ4n) is 1.30. The molecule has 0 aromatic rings. The Balaban J connectivity index is 2.43. The van der Waals surface area contributed by atoms with Crippen LogP contribution in [0.25, 0.3) is 0 Å². The lowest BCUT2D eigenvalue weighted by Crippen LogP contribution is -2.59. The van der Waals surface area contributed by atoms with E-state index >= 15 is 0 Å².